The molecular weight excluding hydrogens is 194 g/mol. The second kappa shape index (κ2) is 5.53. The minimum absolute atomic E-state index is 0.384. The van der Waals surface area contributed by atoms with Crippen LogP contribution in [-0.2, 0) is 0 Å². The Kier molecular flexibility index (Phi) is 4.85. The molecule has 1 aliphatic rings. The first-order valence-electron chi connectivity index (χ1n) is 7.26. The average Bonchev–Trinajstić information content (AvgIpc) is 3.01. The lowest BCUT2D eigenvalue weighted by molar-refractivity contribution is 0.136. The maximum absolute atomic E-state index is 6.61. The summed E-state index contributed by atoms with van der Waals surface area (Å²) < 4.78 is 0. The second-order valence-electron chi connectivity index (χ2n) is 6.16. The van der Waals surface area contributed by atoms with Crippen molar-refractivity contribution in [1.82, 2.24) is 0 Å². The highest BCUT2D eigenvalue weighted by atomic mass is 14.7. The highest BCUT2D eigenvalue weighted by molar-refractivity contribution is 5.02. The van der Waals surface area contributed by atoms with Gasteiger partial charge in [-0.15, -0.1) is 0 Å². The molecule has 96 valence electrons. The predicted octanol–water partition coefficient (Wildman–Crippen LogP) is 4.21. The monoisotopic (exact) mass is 225 g/mol. The van der Waals surface area contributed by atoms with Gasteiger partial charge in [-0.1, -0.05) is 47.5 Å². The largest absolute Gasteiger partial charge is 0.327 e. The van der Waals surface area contributed by atoms with Gasteiger partial charge in [0.15, 0.2) is 0 Å². The van der Waals surface area contributed by atoms with Crippen molar-refractivity contribution in [1.29, 1.82) is 0 Å². The zero-order chi connectivity index (χ0) is 12.3. The SMILES string of the molecule is CCCC(CC)C(N)C(C)(CC)C1CC1C. The molecule has 0 aromatic heterocycles. The lowest BCUT2D eigenvalue weighted by Gasteiger charge is -2.40. The molecule has 0 heterocycles. The topological polar surface area (TPSA) is 26.0 Å². The van der Waals surface area contributed by atoms with E-state index in [1.165, 1.54) is 32.1 Å². The maximum atomic E-state index is 6.61. The molecule has 0 aromatic rings. The van der Waals surface area contributed by atoms with Crippen molar-refractivity contribution < 1.29 is 0 Å². The molecule has 1 rings (SSSR count). The molecule has 0 amide bonds. The van der Waals surface area contributed by atoms with Crippen LogP contribution in [0.4, 0.5) is 0 Å². The minimum Gasteiger partial charge on any atom is -0.327 e. The Balaban J connectivity index is 2.70. The van der Waals surface area contributed by atoms with Crippen LogP contribution >= 0.6 is 0 Å². The summed E-state index contributed by atoms with van der Waals surface area (Å²) in [5.74, 6) is 2.52. The van der Waals surface area contributed by atoms with Crippen molar-refractivity contribution in [3.8, 4) is 0 Å². The molecule has 0 aromatic carbocycles. The lowest BCUT2D eigenvalue weighted by Crippen LogP contribution is -2.46. The molecule has 5 unspecified atom stereocenters. The molecule has 1 heteroatoms. The molecule has 1 saturated carbocycles. The third-order valence-electron chi connectivity index (χ3n) is 5.17. The van der Waals surface area contributed by atoms with Crippen molar-refractivity contribution in [3.05, 3.63) is 0 Å². The van der Waals surface area contributed by atoms with Crippen molar-refractivity contribution in [2.75, 3.05) is 0 Å². The van der Waals surface area contributed by atoms with E-state index in [-0.39, 0.29) is 0 Å². The van der Waals surface area contributed by atoms with Gasteiger partial charge in [0.1, 0.15) is 0 Å². The van der Waals surface area contributed by atoms with Gasteiger partial charge in [0, 0.05) is 6.04 Å². The van der Waals surface area contributed by atoms with Gasteiger partial charge >= 0.3 is 0 Å². The normalized spacial score (nSPS) is 31.9. The summed E-state index contributed by atoms with van der Waals surface area (Å²) >= 11 is 0. The third-order valence-corrected chi connectivity index (χ3v) is 5.17. The summed E-state index contributed by atoms with van der Waals surface area (Å²) in [6.45, 7) is 11.7. The van der Waals surface area contributed by atoms with Crippen LogP contribution in [0.3, 0.4) is 0 Å². The van der Waals surface area contributed by atoms with Gasteiger partial charge in [0.05, 0.1) is 0 Å². The summed E-state index contributed by atoms with van der Waals surface area (Å²) in [6.07, 6.45) is 6.45. The van der Waals surface area contributed by atoms with Crippen LogP contribution in [0.2, 0.25) is 0 Å². The molecule has 0 aliphatic heterocycles. The van der Waals surface area contributed by atoms with Gasteiger partial charge in [-0.25, -0.2) is 0 Å². The highest BCUT2D eigenvalue weighted by Gasteiger charge is 2.50. The average molecular weight is 225 g/mol. The van der Waals surface area contributed by atoms with Gasteiger partial charge < -0.3 is 5.73 Å². The fourth-order valence-corrected chi connectivity index (χ4v) is 3.53. The first kappa shape index (κ1) is 14.0. The van der Waals surface area contributed by atoms with Crippen molar-refractivity contribution in [2.45, 2.75) is 72.8 Å². The summed E-state index contributed by atoms with van der Waals surface area (Å²) in [7, 11) is 0. The quantitative estimate of drug-likeness (QED) is 0.690. The number of hydrogen-bond donors (Lipinski definition) is 1. The molecule has 16 heavy (non-hydrogen) atoms. The summed E-state index contributed by atoms with van der Waals surface area (Å²) in [5, 5.41) is 0. The van der Waals surface area contributed by atoms with Crippen molar-refractivity contribution in [3.63, 3.8) is 0 Å². The van der Waals surface area contributed by atoms with Gasteiger partial charge in [-0.3, -0.25) is 0 Å². The Labute approximate surface area is 102 Å². The Morgan fingerprint density at radius 1 is 1.31 bits per heavy atom. The van der Waals surface area contributed by atoms with Crippen molar-refractivity contribution in [2.24, 2.45) is 28.9 Å². The van der Waals surface area contributed by atoms with Gasteiger partial charge in [0.2, 0.25) is 0 Å². The molecule has 0 radical (unpaired) electrons. The standard InChI is InChI=1S/C15H31N/c1-6-9-12(7-2)14(16)15(5,8-3)13-10-11(13)4/h11-14H,6-10,16H2,1-5H3. The summed E-state index contributed by atoms with van der Waals surface area (Å²) in [6, 6.07) is 0.400. The van der Waals surface area contributed by atoms with Crippen LogP contribution in [0.5, 0.6) is 0 Å². The lowest BCUT2D eigenvalue weighted by atomic mass is 9.69. The first-order chi connectivity index (χ1) is 7.51. The van der Waals surface area contributed by atoms with E-state index in [4.69, 9.17) is 5.73 Å². The minimum atomic E-state index is 0.384. The maximum Gasteiger partial charge on any atom is 0.0124 e. The molecule has 0 bridgehead atoms. The molecule has 0 spiro atoms. The third kappa shape index (κ3) is 2.61. The van der Waals surface area contributed by atoms with Crippen LogP contribution in [0, 0.1) is 23.2 Å². The van der Waals surface area contributed by atoms with E-state index >= 15 is 0 Å². The smallest absolute Gasteiger partial charge is 0.0124 e. The van der Waals surface area contributed by atoms with Crippen LogP contribution in [0.1, 0.15) is 66.7 Å². The Bertz CT molecular complexity index is 213. The first-order valence-corrected chi connectivity index (χ1v) is 7.26. The zero-order valence-corrected chi connectivity index (χ0v) is 11.9. The second-order valence-corrected chi connectivity index (χ2v) is 6.16. The van der Waals surface area contributed by atoms with Crippen LogP contribution in [-0.4, -0.2) is 6.04 Å². The summed E-state index contributed by atoms with van der Waals surface area (Å²) in [4.78, 5) is 0. The van der Waals surface area contributed by atoms with Gasteiger partial charge in [-0.2, -0.15) is 0 Å². The van der Waals surface area contributed by atoms with Gasteiger partial charge in [0.25, 0.3) is 0 Å². The van der Waals surface area contributed by atoms with Crippen LogP contribution < -0.4 is 5.73 Å². The number of rotatable bonds is 7. The summed E-state index contributed by atoms with van der Waals surface area (Å²) in [5.41, 5.74) is 6.99. The number of hydrogen-bond acceptors (Lipinski definition) is 1. The van der Waals surface area contributed by atoms with Crippen LogP contribution in [0.15, 0.2) is 0 Å². The van der Waals surface area contributed by atoms with E-state index in [1.54, 1.807) is 0 Å². The van der Waals surface area contributed by atoms with E-state index in [2.05, 4.69) is 34.6 Å². The highest BCUT2D eigenvalue weighted by Crippen LogP contribution is 2.55. The Morgan fingerprint density at radius 2 is 1.88 bits per heavy atom. The molecule has 1 nitrogen and oxygen atoms in total. The Morgan fingerprint density at radius 3 is 2.19 bits per heavy atom. The number of nitrogens with two attached hydrogens (primary N) is 1. The Hall–Kier alpha value is -0.0400. The fourth-order valence-electron chi connectivity index (χ4n) is 3.53. The van der Waals surface area contributed by atoms with E-state index in [0.29, 0.717) is 11.5 Å². The molecule has 1 fully saturated rings. The molecule has 2 N–H and O–H groups in total. The zero-order valence-electron chi connectivity index (χ0n) is 11.9. The molecule has 5 atom stereocenters. The fraction of sp³-hybridized carbons (Fsp3) is 1.00. The van der Waals surface area contributed by atoms with E-state index < -0.39 is 0 Å². The van der Waals surface area contributed by atoms with Gasteiger partial charge in [-0.05, 0) is 42.4 Å². The predicted molar refractivity (Wildman–Crippen MR) is 72.3 cm³/mol. The van der Waals surface area contributed by atoms with E-state index in [9.17, 15) is 0 Å². The van der Waals surface area contributed by atoms with Crippen molar-refractivity contribution >= 4 is 0 Å². The molecule has 1 aliphatic carbocycles. The molecule has 0 saturated heterocycles. The van der Waals surface area contributed by atoms with E-state index in [0.717, 1.165) is 17.8 Å². The van der Waals surface area contributed by atoms with E-state index in [1.807, 2.05) is 0 Å². The van der Waals surface area contributed by atoms with Crippen LogP contribution in [0.25, 0.3) is 0 Å². The molecular formula is C15H31N.